The third kappa shape index (κ3) is 2.93. The molecule has 2 bridgehead atoms. The van der Waals surface area contributed by atoms with E-state index in [2.05, 4.69) is 32.9 Å². The van der Waals surface area contributed by atoms with Crippen LogP contribution in [0.15, 0.2) is 36.4 Å². The second kappa shape index (κ2) is 6.28. The molecule has 152 valence electrons. The van der Waals surface area contributed by atoms with Gasteiger partial charge in [0.2, 0.25) is 11.8 Å². The van der Waals surface area contributed by atoms with Gasteiger partial charge in [0, 0.05) is 6.54 Å². The van der Waals surface area contributed by atoms with E-state index in [-0.39, 0.29) is 53.9 Å². The summed E-state index contributed by atoms with van der Waals surface area (Å²) in [4.78, 5) is 39.5. The minimum Gasteiger partial charge on any atom is -0.426 e. The van der Waals surface area contributed by atoms with Crippen LogP contribution < -0.4 is 4.74 Å². The number of allylic oxidation sites excluding steroid dienone is 2. The zero-order valence-corrected chi connectivity index (χ0v) is 17.1. The van der Waals surface area contributed by atoms with Crippen molar-refractivity contribution in [3.05, 3.63) is 42.0 Å². The van der Waals surface area contributed by atoms with E-state index >= 15 is 0 Å². The van der Waals surface area contributed by atoms with Crippen LogP contribution in [0.2, 0.25) is 0 Å². The van der Waals surface area contributed by atoms with Crippen LogP contribution in [0.3, 0.4) is 0 Å². The van der Waals surface area contributed by atoms with Crippen molar-refractivity contribution < 1.29 is 19.1 Å². The maximum atomic E-state index is 12.9. The fourth-order valence-corrected chi connectivity index (χ4v) is 5.65. The van der Waals surface area contributed by atoms with E-state index in [0.717, 1.165) is 12.0 Å². The van der Waals surface area contributed by atoms with Crippen LogP contribution in [0, 0.1) is 35.5 Å². The van der Waals surface area contributed by atoms with Crippen molar-refractivity contribution in [2.75, 3.05) is 6.54 Å². The van der Waals surface area contributed by atoms with E-state index in [1.54, 1.807) is 12.1 Å². The van der Waals surface area contributed by atoms with Crippen molar-refractivity contribution in [1.82, 2.24) is 4.90 Å². The molecule has 0 spiro atoms. The lowest BCUT2D eigenvalue weighted by Gasteiger charge is -2.37. The molecule has 1 aromatic carbocycles. The van der Waals surface area contributed by atoms with E-state index in [0.29, 0.717) is 17.6 Å². The fraction of sp³-hybridized carbons (Fsp3) is 0.542. The van der Waals surface area contributed by atoms with Gasteiger partial charge in [0.15, 0.2) is 0 Å². The Morgan fingerprint density at radius 3 is 2.07 bits per heavy atom. The van der Waals surface area contributed by atoms with Gasteiger partial charge in [-0.3, -0.25) is 19.3 Å². The first-order valence-electron chi connectivity index (χ1n) is 10.6. The second-order valence-electron chi connectivity index (χ2n) is 9.98. The molecule has 5 heteroatoms. The number of hydrogen-bond donors (Lipinski definition) is 0. The first-order valence-corrected chi connectivity index (χ1v) is 10.6. The summed E-state index contributed by atoms with van der Waals surface area (Å²) in [6.07, 6.45) is 5.48. The number of carbonyl (C=O) groups excluding carboxylic acids is 3. The van der Waals surface area contributed by atoms with Crippen molar-refractivity contribution in [2.45, 2.75) is 39.0 Å². The largest absolute Gasteiger partial charge is 0.426 e. The van der Waals surface area contributed by atoms with Crippen molar-refractivity contribution in [3.8, 4) is 5.75 Å². The van der Waals surface area contributed by atoms with Crippen LogP contribution in [-0.2, 0) is 19.8 Å². The Kier molecular flexibility index (Phi) is 4.03. The molecule has 6 rings (SSSR count). The number of benzene rings is 1. The Hall–Kier alpha value is -2.43. The molecule has 6 atom stereocenters. The Labute approximate surface area is 171 Å². The average molecular weight is 393 g/mol. The molecule has 2 amide bonds. The maximum absolute atomic E-state index is 12.9. The molecule has 2 saturated carbocycles. The zero-order chi connectivity index (χ0) is 20.5. The average Bonchev–Trinajstić information content (AvgIpc) is 3.45. The minimum absolute atomic E-state index is 0.0214. The lowest BCUT2D eigenvalue weighted by Crippen LogP contribution is -2.40. The number of hydrogen-bond acceptors (Lipinski definition) is 4. The van der Waals surface area contributed by atoms with Gasteiger partial charge < -0.3 is 4.74 Å². The van der Waals surface area contributed by atoms with Gasteiger partial charge in [-0.05, 0) is 53.2 Å². The molecule has 1 heterocycles. The third-order valence-electron chi connectivity index (χ3n) is 7.25. The molecule has 1 aliphatic heterocycles. The third-order valence-corrected chi connectivity index (χ3v) is 7.25. The second-order valence-corrected chi connectivity index (χ2v) is 9.98. The summed E-state index contributed by atoms with van der Waals surface area (Å²) in [6, 6.07) is 7.48. The Morgan fingerprint density at radius 2 is 1.55 bits per heavy atom. The maximum Gasteiger partial charge on any atom is 0.312 e. The van der Waals surface area contributed by atoms with Crippen molar-refractivity contribution in [1.29, 1.82) is 0 Å². The molecule has 0 radical (unpaired) electrons. The highest BCUT2D eigenvalue weighted by Gasteiger charge is 2.66. The first kappa shape index (κ1) is 18.6. The molecule has 3 fully saturated rings. The summed E-state index contributed by atoms with van der Waals surface area (Å²) in [5, 5.41) is 0. The summed E-state index contributed by atoms with van der Waals surface area (Å²) in [7, 11) is 0. The van der Waals surface area contributed by atoms with E-state index in [4.69, 9.17) is 4.74 Å². The number of amides is 2. The topological polar surface area (TPSA) is 63.7 Å². The smallest absolute Gasteiger partial charge is 0.312 e. The van der Waals surface area contributed by atoms with Crippen LogP contribution in [0.5, 0.6) is 5.75 Å². The molecule has 0 N–H and O–H groups in total. The number of rotatable bonds is 4. The quantitative estimate of drug-likeness (QED) is 0.341. The fourth-order valence-electron chi connectivity index (χ4n) is 5.65. The van der Waals surface area contributed by atoms with Gasteiger partial charge in [-0.15, -0.1) is 0 Å². The van der Waals surface area contributed by atoms with E-state index in [1.807, 2.05) is 12.1 Å². The molecule has 1 saturated heterocycles. The molecule has 5 nitrogen and oxygen atoms in total. The van der Waals surface area contributed by atoms with Crippen LogP contribution in [-0.4, -0.2) is 29.2 Å². The summed E-state index contributed by atoms with van der Waals surface area (Å²) < 4.78 is 5.41. The van der Waals surface area contributed by atoms with Crippen LogP contribution in [0.25, 0.3) is 0 Å². The molecular weight excluding hydrogens is 366 g/mol. The molecule has 5 aliphatic rings. The number of esters is 1. The molecule has 29 heavy (non-hydrogen) atoms. The van der Waals surface area contributed by atoms with Gasteiger partial charge >= 0.3 is 5.97 Å². The van der Waals surface area contributed by atoms with Gasteiger partial charge in [0.1, 0.15) is 5.75 Å². The zero-order valence-electron chi connectivity index (χ0n) is 17.1. The standard InChI is InChI=1S/C24H27NO4/c1-24(2,3)13-4-6-14(7-5-13)29-19(26)10-11-25-22(27)20-15-8-9-16(18-12-17(15)18)21(20)23(25)28/h4-9,15-18,20-21H,10-12H2,1-3H3/t15-,16-,17-,18-,20+,21+/m1/s1. The summed E-state index contributed by atoms with van der Waals surface area (Å²) in [5.41, 5.74) is 1.19. The summed E-state index contributed by atoms with van der Waals surface area (Å²) >= 11 is 0. The summed E-state index contributed by atoms with van der Waals surface area (Å²) in [6.45, 7) is 6.49. The molecule has 4 aliphatic carbocycles. The molecular formula is C24H27NO4. The molecule has 0 unspecified atom stereocenters. The predicted molar refractivity (Wildman–Crippen MR) is 107 cm³/mol. The highest BCUT2D eigenvalue weighted by molar-refractivity contribution is 6.06. The van der Waals surface area contributed by atoms with Gasteiger partial charge in [-0.25, -0.2) is 0 Å². The number of likely N-dealkylation sites (tertiary alicyclic amines) is 1. The van der Waals surface area contributed by atoms with E-state index < -0.39 is 5.97 Å². The first-order chi connectivity index (χ1) is 13.8. The Balaban J connectivity index is 1.20. The van der Waals surface area contributed by atoms with Gasteiger partial charge in [0.05, 0.1) is 18.3 Å². The van der Waals surface area contributed by atoms with Gasteiger partial charge in [-0.2, -0.15) is 0 Å². The highest BCUT2D eigenvalue weighted by Crippen LogP contribution is 2.65. The molecule has 1 aromatic rings. The van der Waals surface area contributed by atoms with Crippen molar-refractivity contribution >= 4 is 17.8 Å². The highest BCUT2D eigenvalue weighted by atomic mass is 16.5. The van der Waals surface area contributed by atoms with Crippen LogP contribution in [0.1, 0.15) is 39.2 Å². The Bertz CT molecular complexity index is 874. The minimum atomic E-state index is -0.423. The number of imide groups is 1. The van der Waals surface area contributed by atoms with Crippen LogP contribution >= 0.6 is 0 Å². The van der Waals surface area contributed by atoms with Gasteiger partial charge in [0.25, 0.3) is 0 Å². The SMILES string of the molecule is CC(C)(C)c1ccc(OC(=O)CCN2C(=O)[C@H]3[C@@H]4C=C[C@H]([C@H]5C[C@H]45)[C@@H]3C2=O)cc1. The van der Waals surface area contributed by atoms with E-state index in [1.165, 1.54) is 4.90 Å². The lowest BCUT2D eigenvalue weighted by atomic mass is 9.63. The lowest BCUT2D eigenvalue weighted by molar-refractivity contribution is -0.141. The van der Waals surface area contributed by atoms with E-state index in [9.17, 15) is 14.4 Å². The monoisotopic (exact) mass is 393 g/mol. The Morgan fingerprint density at radius 1 is 1.00 bits per heavy atom. The van der Waals surface area contributed by atoms with Crippen molar-refractivity contribution in [3.63, 3.8) is 0 Å². The van der Waals surface area contributed by atoms with Crippen molar-refractivity contribution in [2.24, 2.45) is 35.5 Å². The van der Waals surface area contributed by atoms with Crippen LogP contribution in [0.4, 0.5) is 0 Å². The van der Waals surface area contributed by atoms with Gasteiger partial charge in [-0.1, -0.05) is 45.1 Å². The summed E-state index contributed by atoms with van der Waals surface area (Å²) in [5.74, 6) is 1.07. The predicted octanol–water partition coefficient (Wildman–Crippen LogP) is 3.33. The number of ether oxygens (including phenoxy) is 1. The number of nitrogens with zero attached hydrogens (tertiary/aromatic N) is 1. The normalized spacial score (nSPS) is 34.2. The molecule has 0 aromatic heterocycles. The number of carbonyl (C=O) groups is 3.